The molecule has 0 aromatic heterocycles. The first-order valence-electron chi connectivity index (χ1n) is 16.7. The predicted molar refractivity (Wildman–Crippen MR) is 171 cm³/mol. The molecule has 1 saturated carbocycles. The maximum Gasteiger partial charge on any atom is 0.168 e. The molecule has 5 atom stereocenters. The summed E-state index contributed by atoms with van der Waals surface area (Å²) in [6.45, 7) is 2.16. The van der Waals surface area contributed by atoms with Crippen LogP contribution in [0.2, 0.25) is 0 Å². The highest BCUT2D eigenvalue weighted by atomic mass is 16.7. The Morgan fingerprint density at radius 2 is 1.31 bits per heavy atom. The lowest BCUT2D eigenvalue weighted by Crippen LogP contribution is -2.57. The van der Waals surface area contributed by atoms with Crippen molar-refractivity contribution in [1.29, 1.82) is 0 Å². The molecule has 0 radical (unpaired) electrons. The average Bonchev–Trinajstić information content (AvgIpc) is 3.46. The molecule has 3 fully saturated rings. The number of hydrogen-bond donors (Lipinski definition) is 1. The van der Waals surface area contributed by atoms with Crippen LogP contribution in [0.3, 0.4) is 0 Å². The molecule has 45 heavy (non-hydrogen) atoms. The lowest BCUT2D eigenvalue weighted by atomic mass is 9.91. The molecule has 3 aromatic carbocycles. The van der Waals surface area contributed by atoms with Crippen molar-refractivity contribution >= 4 is 0 Å². The lowest BCUT2D eigenvalue weighted by molar-refractivity contribution is -0.323. The van der Waals surface area contributed by atoms with Gasteiger partial charge in [-0.3, -0.25) is 0 Å². The van der Waals surface area contributed by atoms with Crippen LogP contribution < -0.4 is 0 Å². The van der Waals surface area contributed by atoms with E-state index in [1.54, 1.807) is 0 Å². The zero-order valence-corrected chi connectivity index (χ0v) is 26.3. The van der Waals surface area contributed by atoms with E-state index in [2.05, 4.69) is 12.1 Å². The largest absolute Gasteiger partial charge is 0.374 e. The van der Waals surface area contributed by atoms with Gasteiger partial charge in [0.25, 0.3) is 0 Å². The molecule has 1 aliphatic carbocycles. The zero-order valence-electron chi connectivity index (χ0n) is 26.3. The first kappa shape index (κ1) is 32.3. The van der Waals surface area contributed by atoms with Crippen LogP contribution in [0, 0.1) is 0 Å². The van der Waals surface area contributed by atoms with Gasteiger partial charge in [0.1, 0.15) is 12.2 Å². The number of aliphatic hydroxyl groups is 1. The Morgan fingerprint density at radius 1 is 0.711 bits per heavy atom. The molecule has 1 unspecified atom stereocenters. The summed E-state index contributed by atoms with van der Waals surface area (Å²) < 4.78 is 38.4. The van der Waals surface area contributed by atoms with Gasteiger partial charge in [-0.1, -0.05) is 97.4 Å². The van der Waals surface area contributed by atoms with Gasteiger partial charge in [0.05, 0.1) is 45.2 Å². The van der Waals surface area contributed by atoms with Crippen LogP contribution in [0.15, 0.2) is 91.0 Å². The minimum atomic E-state index is -1.38. The molecule has 7 nitrogen and oxygen atoms in total. The Bertz CT molecular complexity index is 1270. The Balaban J connectivity index is 1.14. The fraction of sp³-hybridized carbons (Fsp3) is 0.526. The van der Waals surface area contributed by atoms with Crippen LogP contribution in [-0.2, 0) is 48.2 Å². The van der Waals surface area contributed by atoms with Crippen LogP contribution in [0.4, 0.5) is 0 Å². The fourth-order valence-corrected chi connectivity index (χ4v) is 6.85. The number of rotatable bonds is 14. The summed E-state index contributed by atoms with van der Waals surface area (Å²) in [6, 6.07) is 30.3. The van der Waals surface area contributed by atoms with Gasteiger partial charge in [-0.05, 0) is 42.4 Å². The molecule has 242 valence electrons. The molecule has 3 aliphatic rings. The van der Waals surface area contributed by atoms with Gasteiger partial charge in [-0.2, -0.15) is 0 Å². The number of hydrogen-bond acceptors (Lipinski definition) is 7. The first-order chi connectivity index (χ1) is 22.1. The summed E-state index contributed by atoms with van der Waals surface area (Å²) in [6.07, 6.45) is 6.56. The molecule has 2 saturated heterocycles. The van der Waals surface area contributed by atoms with Crippen molar-refractivity contribution in [3.8, 4) is 0 Å². The number of benzene rings is 3. The molecule has 2 aliphatic heterocycles. The van der Waals surface area contributed by atoms with E-state index in [9.17, 15) is 5.11 Å². The second-order valence-electron chi connectivity index (χ2n) is 12.8. The Labute approximate surface area is 267 Å². The third kappa shape index (κ3) is 9.23. The van der Waals surface area contributed by atoms with Gasteiger partial charge in [-0.15, -0.1) is 0 Å². The normalized spacial score (nSPS) is 27.9. The van der Waals surface area contributed by atoms with Gasteiger partial charge in [0.2, 0.25) is 0 Å². The fourth-order valence-electron chi connectivity index (χ4n) is 6.85. The van der Waals surface area contributed by atoms with E-state index in [-0.39, 0.29) is 18.5 Å². The smallest absolute Gasteiger partial charge is 0.168 e. The van der Waals surface area contributed by atoms with Gasteiger partial charge in [-0.25, -0.2) is 0 Å². The SMILES string of the molecule is OC1(CCC[C@H]2COC3(CCCCC3)O2)C[C@@H](OCc2ccccc2)[C@H](OCc2ccccc2)[C@@H](COCc2ccccc2)O1. The summed E-state index contributed by atoms with van der Waals surface area (Å²) in [5.41, 5.74) is 3.22. The van der Waals surface area contributed by atoms with Crippen LogP contribution in [0.1, 0.15) is 74.5 Å². The quantitative estimate of drug-likeness (QED) is 0.207. The van der Waals surface area contributed by atoms with E-state index >= 15 is 0 Å². The molecule has 3 aromatic rings. The van der Waals surface area contributed by atoms with Gasteiger partial charge in [0.15, 0.2) is 11.6 Å². The van der Waals surface area contributed by atoms with Crippen molar-refractivity contribution in [2.75, 3.05) is 13.2 Å². The highest BCUT2D eigenvalue weighted by Gasteiger charge is 2.48. The van der Waals surface area contributed by atoms with E-state index in [0.717, 1.165) is 55.2 Å². The molecule has 0 amide bonds. The Hall–Kier alpha value is -2.62. The van der Waals surface area contributed by atoms with Crippen LogP contribution >= 0.6 is 0 Å². The van der Waals surface area contributed by atoms with E-state index in [1.165, 1.54) is 6.42 Å². The minimum absolute atomic E-state index is 0.0485. The van der Waals surface area contributed by atoms with Crippen molar-refractivity contribution in [2.24, 2.45) is 0 Å². The lowest BCUT2D eigenvalue weighted by Gasteiger charge is -2.46. The molecule has 2 heterocycles. The molecule has 1 N–H and O–H groups in total. The topological polar surface area (TPSA) is 75.6 Å². The maximum absolute atomic E-state index is 12.0. The monoisotopic (exact) mass is 616 g/mol. The van der Waals surface area contributed by atoms with Crippen LogP contribution in [-0.4, -0.2) is 54.3 Å². The van der Waals surface area contributed by atoms with Gasteiger partial charge >= 0.3 is 0 Å². The van der Waals surface area contributed by atoms with Crippen molar-refractivity contribution in [2.45, 2.75) is 114 Å². The number of ether oxygens (including phenoxy) is 6. The summed E-state index contributed by atoms with van der Waals surface area (Å²) >= 11 is 0. The van der Waals surface area contributed by atoms with E-state index < -0.39 is 24.1 Å². The second-order valence-corrected chi connectivity index (χ2v) is 12.8. The predicted octanol–water partition coefficient (Wildman–Crippen LogP) is 7.10. The molecular weight excluding hydrogens is 568 g/mol. The summed E-state index contributed by atoms with van der Waals surface area (Å²) in [7, 11) is 0. The van der Waals surface area contributed by atoms with Gasteiger partial charge in [0, 0.05) is 25.7 Å². The Morgan fingerprint density at radius 3 is 1.96 bits per heavy atom. The molecule has 6 rings (SSSR count). The summed E-state index contributed by atoms with van der Waals surface area (Å²) in [4.78, 5) is 0. The van der Waals surface area contributed by atoms with Crippen LogP contribution in [0.25, 0.3) is 0 Å². The molecule has 0 bridgehead atoms. The molecule has 1 spiro atoms. The highest BCUT2D eigenvalue weighted by Crippen LogP contribution is 2.40. The third-order valence-corrected chi connectivity index (χ3v) is 9.23. The highest BCUT2D eigenvalue weighted by molar-refractivity contribution is 5.15. The van der Waals surface area contributed by atoms with Crippen molar-refractivity contribution < 1.29 is 33.5 Å². The van der Waals surface area contributed by atoms with Crippen molar-refractivity contribution in [3.63, 3.8) is 0 Å². The van der Waals surface area contributed by atoms with Crippen molar-refractivity contribution in [1.82, 2.24) is 0 Å². The second kappa shape index (κ2) is 15.8. The van der Waals surface area contributed by atoms with E-state index in [0.29, 0.717) is 39.3 Å². The van der Waals surface area contributed by atoms with Crippen LogP contribution in [0.5, 0.6) is 0 Å². The Kier molecular flexibility index (Phi) is 11.3. The van der Waals surface area contributed by atoms with Crippen molar-refractivity contribution in [3.05, 3.63) is 108 Å². The standard InChI is InChI=1S/C38H48O7/c39-37(21-13-20-33-28-43-38(44-33)22-11-4-12-23-38)24-34(41-26-31-16-7-2-8-17-31)36(42-27-32-18-9-3-10-19-32)35(45-37)29-40-25-30-14-5-1-6-15-30/h1-3,5-10,14-19,33-36,39H,4,11-13,20-29H2/t33-,34+,35+,36-,37?/m0/s1. The zero-order chi connectivity index (χ0) is 30.8. The summed E-state index contributed by atoms with van der Waals surface area (Å²) in [5, 5.41) is 12.0. The first-order valence-corrected chi connectivity index (χ1v) is 16.7. The van der Waals surface area contributed by atoms with Gasteiger partial charge < -0.3 is 33.5 Å². The molecular formula is C38H48O7. The minimum Gasteiger partial charge on any atom is -0.374 e. The maximum atomic E-state index is 12.0. The third-order valence-electron chi connectivity index (χ3n) is 9.23. The van der Waals surface area contributed by atoms with E-state index in [4.69, 9.17) is 28.4 Å². The summed E-state index contributed by atoms with van der Waals surface area (Å²) in [5.74, 6) is -1.77. The molecule has 7 heteroatoms. The average molecular weight is 617 g/mol. The van der Waals surface area contributed by atoms with E-state index in [1.807, 2.05) is 78.9 Å².